The molecule has 0 saturated carbocycles. The summed E-state index contributed by atoms with van der Waals surface area (Å²) in [5, 5.41) is 10.7. The van der Waals surface area contributed by atoms with Crippen LogP contribution >= 0.6 is 12.6 Å². The minimum Gasteiger partial charge on any atom is -0.464 e. The van der Waals surface area contributed by atoms with Crippen LogP contribution in [0, 0.1) is 6.92 Å². The first-order chi connectivity index (χ1) is 7.74. The van der Waals surface area contributed by atoms with Crippen LogP contribution in [-0.2, 0) is 16.1 Å². The van der Waals surface area contributed by atoms with Crippen LogP contribution in [0.5, 0.6) is 0 Å². The van der Waals surface area contributed by atoms with E-state index in [0.717, 1.165) is 12.8 Å². The molecular formula is C9H18N4O2S. The topological polar surface area (TPSA) is 69.9 Å². The van der Waals surface area contributed by atoms with Crippen molar-refractivity contribution in [1.82, 2.24) is 20.2 Å². The summed E-state index contributed by atoms with van der Waals surface area (Å²) in [6, 6.07) is 0. The Bertz CT molecular complexity index is 303. The van der Waals surface area contributed by atoms with Gasteiger partial charge < -0.3 is 4.74 Å². The van der Waals surface area contributed by atoms with E-state index >= 15 is 0 Å². The number of carbonyl (C=O) groups excluding carboxylic acids is 1. The van der Waals surface area contributed by atoms with Crippen molar-refractivity contribution in [2.24, 2.45) is 0 Å². The first-order valence-corrected chi connectivity index (χ1v) is 5.96. The van der Waals surface area contributed by atoms with Crippen molar-refractivity contribution in [3.63, 3.8) is 0 Å². The third-order valence-electron chi connectivity index (χ3n) is 1.75. The van der Waals surface area contributed by atoms with Gasteiger partial charge in [-0.25, -0.2) is 4.68 Å². The first-order valence-electron chi connectivity index (χ1n) is 5.07. The second-order valence-electron chi connectivity index (χ2n) is 2.96. The smallest absolute Gasteiger partial charge is 0.327 e. The standard InChI is InChI=1S/C8H14N4O2.CH4S/c1-3-4-5-14-8(13)6-12-7(2)9-10-11-12;1-2/h3-6H2,1-2H3;2H,1H3. The summed E-state index contributed by atoms with van der Waals surface area (Å²) in [6.07, 6.45) is 3.59. The molecule has 0 aliphatic rings. The van der Waals surface area contributed by atoms with Gasteiger partial charge in [-0.05, 0) is 30.0 Å². The molecule has 0 bridgehead atoms. The molecule has 7 heteroatoms. The summed E-state index contributed by atoms with van der Waals surface area (Å²) < 4.78 is 6.37. The maximum atomic E-state index is 11.2. The summed E-state index contributed by atoms with van der Waals surface area (Å²) in [4.78, 5) is 11.2. The fourth-order valence-electron chi connectivity index (χ4n) is 0.894. The monoisotopic (exact) mass is 246 g/mol. The van der Waals surface area contributed by atoms with Gasteiger partial charge in [-0.1, -0.05) is 13.3 Å². The number of carbonyl (C=O) groups is 1. The molecule has 1 heterocycles. The van der Waals surface area contributed by atoms with Crippen molar-refractivity contribution >= 4 is 18.6 Å². The Balaban J connectivity index is 0.00000106. The normalized spacial score (nSPS) is 9.25. The molecular weight excluding hydrogens is 228 g/mol. The zero-order valence-electron chi connectivity index (χ0n) is 9.88. The molecule has 1 rings (SSSR count). The number of hydrogen-bond acceptors (Lipinski definition) is 6. The lowest BCUT2D eigenvalue weighted by Gasteiger charge is -2.03. The van der Waals surface area contributed by atoms with Crippen molar-refractivity contribution < 1.29 is 9.53 Å². The number of rotatable bonds is 5. The molecule has 0 aliphatic heterocycles. The van der Waals surface area contributed by atoms with Crippen LogP contribution in [-0.4, -0.2) is 39.0 Å². The Hall–Kier alpha value is -1.11. The summed E-state index contributed by atoms with van der Waals surface area (Å²) in [5.74, 6) is 0.311. The molecule has 0 amide bonds. The highest BCUT2D eigenvalue weighted by atomic mass is 32.1. The Labute approximate surface area is 101 Å². The van der Waals surface area contributed by atoms with Crippen LogP contribution in [0.4, 0.5) is 0 Å². The summed E-state index contributed by atoms with van der Waals surface area (Å²) >= 11 is 3.53. The SMILES string of the molecule is CCCCOC(=O)Cn1nnnc1C.CS. The third-order valence-corrected chi connectivity index (χ3v) is 1.75. The minimum absolute atomic E-state index is 0.0859. The number of tetrazole rings is 1. The molecule has 0 radical (unpaired) electrons. The van der Waals surface area contributed by atoms with Gasteiger partial charge in [0.1, 0.15) is 12.4 Å². The fraction of sp³-hybridized carbons (Fsp3) is 0.778. The van der Waals surface area contributed by atoms with Gasteiger partial charge in [0.2, 0.25) is 0 Å². The predicted octanol–water partition coefficient (Wildman–Crippen LogP) is 0.871. The van der Waals surface area contributed by atoms with E-state index in [-0.39, 0.29) is 12.5 Å². The number of esters is 1. The van der Waals surface area contributed by atoms with Gasteiger partial charge in [0.15, 0.2) is 0 Å². The maximum Gasteiger partial charge on any atom is 0.327 e. The Morgan fingerprint density at radius 3 is 2.69 bits per heavy atom. The number of nitrogens with zero attached hydrogens (tertiary/aromatic N) is 4. The van der Waals surface area contributed by atoms with E-state index in [2.05, 4.69) is 28.2 Å². The van der Waals surface area contributed by atoms with Gasteiger partial charge in [0.25, 0.3) is 0 Å². The molecule has 1 aromatic rings. The summed E-state index contributed by atoms with van der Waals surface area (Å²) in [7, 11) is 0. The lowest BCUT2D eigenvalue weighted by Crippen LogP contribution is -2.16. The Kier molecular flexibility index (Phi) is 8.51. The Morgan fingerprint density at radius 2 is 2.19 bits per heavy atom. The van der Waals surface area contributed by atoms with Crippen molar-refractivity contribution in [2.45, 2.75) is 33.2 Å². The third kappa shape index (κ3) is 5.69. The van der Waals surface area contributed by atoms with Gasteiger partial charge in [-0.2, -0.15) is 12.6 Å². The van der Waals surface area contributed by atoms with Crippen molar-refractivity contribution in [1.29, 1.82) is 0 Å². The largest absolute Gasteiger partial charge is 0.464 e. The van der Waals surface area contributed by atoms with Gasteiger partial charge in [-0.3, -0.25) is 4.79 Å². The fourth-order valence-corrected chi connectivity index (χ4v) is 0.894. The molecule has 0 unspecified atom stereocenters. The molecule has 6 nitrogen and oxygen atoms in total. The van der Waals surface area contributed by atoms with Crippen LogP contribution in [0.2, 0.25) is 0 Å². The zero-order chi connectivity index (χ0) is 12.4. The van der Waals surface area contributed by atoms with Crippen LogP contribution < -0.4 is 0 Å². The minimum atomic E-state index is -0.297. The average molecular weight is 246 g/mol. The number of aromatic nitrogens is 4. The predicted molar refractivity (Wildman–Crippen MR) is 63.3 cm³/mol. The van der Waals surface area contributed by atoms with Crippen LogP contribution in [0.1, 0.15) is 25.6 Å². The Morgan fingerprint density at radius 1 is 1.50 bits per heavy atom. The first kappa shape index (κ1) is 14.9. The lowest BCUT2D eigenvalue weighted by atomic mass is 10.4. The number of aryl methyl sites for hydroxylation is 1. The van der Waals surface area contributed by atoms with E-state index in [1.54, 1.807) is 13.2 Å². The second-order valence-corrected chi connectivity index (χ2v) is 2.96. The van der Waals surface area contributed by atoms with Gasteiger partial charge in [-0.15, -0.1) is 5.10 Å². The maximum absolute atomic E-state index is 11.2. The highest BCUT2D eigenvalue weighted by Crippen LogP contribution is 1.93. The molecule has 0 aliphatic carbocycles. The lowest BCUT2D eigenvalue weighted by molar-refractivity contribution is -0.144. The highest BCUT2D eigenvalue weighted by molar-refractivity contribution is 7.79. The summed E-state index contributed by atoms with van der Waals surface area (Å²) in [5.41, 5.74) is 0. The molecule has 0 aromatic carbocycles. The second kappa shape index (κ2) is 9.14. The molecule has 0 N–H and O–H groups in total. The van der Waals surface area contributed by atoms with Crippen LogP contribution in [0.3, 0.4) is 0 Å². The molecule has 1 aromatic heterocycles. The number of unbranched alkanes of at least 4 members (excludes halogenated alkanes) is 1. The van der Waals surface area contributed by atoms with E-state index in [9.17, 15) is 4.79 Å². The van der Waals surface area contributed by atoms with Crippen molar-refractivity contribution in [2.75, 3.05) is 12.9 Å². The van der Waals surface area contributed by atoms with E-state index in [0.29, 0.717) is 12.4 Å². The van der Waals surface area contributed by atoms with Crippen molar-refractivity contribution in [3.8, 4) is 0 Å². The molecule has 0 spiro atoms. The number of ether oxygens (including phenoxy) is 1. The van der Waals surface area contributed by atoms with E-state index in [4.69, 9.17) is 4.74 Å². The average Bonchev–Trinajstić information content (AvgIpc) is 2.68. The molecule has 0 atom stereocenters. The van der Waals surface area contributed by atoms with Gasteiger partial charge in [0.05, 0.1) is 6.61 Å². The van der Waals surface area contributed by atoms with E-state index < -0.39 is 0 Å². The quantitative estimate of drug-likeness (QED) is 0.474. The zero-order valence-corrected chi connectivity index (χ0v) is 10.8. The van der Waals surface area contributed by atoms with Gasteiger partial charge >= 0.3 is 5.97 Å². The van der Waals surface area contributed by atoms with Crippen LogP contribution in [0.15, 0.2) is 0 Å². The van der Waals surface area contributed by atoms with Crippen LogP contribution in [0.25, 0.3) is 0 Å². The van der Waals surface area contributed by atoms with Crippen molar-refractivity contribution in [3.05, 3.63) is 5.82 Å². The molecule has 92 valence electrons. The highest BCUT2D eigenvalue weighted by Gasteiger charge is 2.07. The summed E-state index contributed by atoms with van der Waals surface area (Å²) in [6.45, 7) is 4.33. The molecule has 0 fully saturated rings. The molecule has 0 saturated heterocycles. The number of hydrogen-bond donors (Lipinski definition) is 1. The molecule has 16 heavy (non-hydrogen) atoms. The van der Waals surface area contributed by atoms with E-state index in [1.807, 2.05) is 6.92 Å². The number of thiol groups is 1. The van der Waals surface area contributed by atoms with Gasteiger partial charge in [0, 0.05) is 0 Å². The van der Waals surface area contributed by atoms with E-state index in [1.165, 1.54) is 4.68 Å².